The highest BCUT2D eigenvalue weighted by atomic mass is 16.7. The van der Waals surface area contributed by atoms with Gasteiger partial charge in [0.2, 0.25) is 5.78 Å². The van der Waals surface area contributed by atoms with Gasteiger partial charge in [-0.2, -0.15) is 0 Å². The third-order valence-electron chi connectivity index (χ3n) is 6.99. The lowest BCUT2D eigenvalue weighted by molar-refractivity contribution is -0.216. The normalized spacial score (nSPS) is 38.0. The molecule has 2 fully saturated rings. The smallest absolute Gasteiger partial charge is 0.331 e. The third-order valence-corrected chi connectivity index (χ3v) is 6.99. The van der Waals surface area contributed by atoms with E-state index in [0.29, 0.717) is 11.8 Å². The number of hydrogen-bond acceptors (Lipinski definition) is 5. The summed E-state index contributed by atoms with van der Waals surface area (Å²) in [5, 5.41) is 0. The zero-order valence-corrected chi connectivity index (χ0v) is 19.9. The van der Waals surface area contributed by atoms with Crippen LogP contribution >= 0.6 is 0 Å². The van der Waals surface area contributed by atoms with Crippen LogP contribution in [0.25, 0.3) is 0 Å². The second-order valence-corrected chi connectivity index (χ2v) is 10.0. The molecule has 7 atom stereocenters. The van der Waals surface area contributed by atoms with Gasteiger partial charge < -0.3 is 14.2 Å². The minimum Gasteiger partial charge on any atom is -0.451 e. The van der Waals surface area contributed by atoms with Gasteiger partial charge in [-0.15, -0.1) is 0 Å². The summed E-state index contributed by atoms with van der Waals surface area (Å²) in [7, 11) is 0. The van der Waals surface area contributed by atoms with E-state index >= 15 is 0 Å². The molecule has 2 saturated heterocycles. The zero-order valence-electron chi connectivity index (χ0n) is 19.9. The highest BCUT2D eigenvalue weighted by Crippen LogP contribution is 2.50. The molecule has 0 unspecified atom stereocenters. The maximum absolute atomic E-state index is 13.1. The van der Waals surface area contributed by atoms with Crippen LogP contribution in [0, 0.1) is 23.7 Å². The summed E-state index contributed by atoms with van der Waals surface area (Å²) in [6, 6.07) is 0. The number of allylic oxidation sites excluding steroid dienone is 3. The van der Waals surface area contributed by atoms with Crippen LogP contribution in [-0.2, 0) is 23.8 Å². The molecule has 31 heavy (non-hydrogen) atoms. The number of carbonyl (C=O) groups excluding carboxylic acids is 2. The Morgan fingerprint density at radius 1 is 1.23 bits per heavy atom. The number of Topliss-reactive ketones (excluding diaryl/α,β-unsaturated/α-hetero) is 1. The molecule has 0 radical (unpaired) electrons. The number of rotatable bonds is 3. The Morgan fingerprint density at radius 2 is 1.94 bits per heavy atom. The van der Waals surface area contributed by atoms with E-state index < -0.39 is 24.5 Å². The average molecular weight is 431 g/mol. The van der Waals surface area contributed by atoms with Gasteiger partial charge >= 0.3 is 5.97 Å². The van der Waals surface area contributed by atoms with Gasteiger partial charge in [-0.05, 0) is 70.8 Å². The van der Waals surface area contributed by atoms with Crippen LogP contribution < -0.4 is 0 Å². The number of carbonyl (C=O) groups is 2. The van der Waals surface area contributed by atoms with Gasteiger partial charge in [0.05, 0.1) is 12.0 Å². The van der Waals surface area contributed by atoms with Crippen LogP contribution in [0.4, 0.5) is 0 Å². The summed E-state index contributed by atoms with van der Waals surface area (Å²) >= 11 is 0. The molecule has 5 heteroatoms. The van der Waals surface area contributed by atoms with Crippen molar-refractivity contribution in [1.29, 1.82) is 0 Å². The van der Waals surface area contributed by atoms with Crippen LogP contribution in [0.2, 0.25) is 0 Å². The van der Waals surface area contributed by atoms with E-state index in [1.807, 2.05) is 13.8 Å². The third kappa shape index (κ3) is 5.20. The van der Waals surface area contributed by atoms with Crippen LogP contribution in [0.15, 0.2) is 35.5 Å². The first-order chi connectivity index (χ1) is 14.6. The largest absolute Gasteiger partial charge is 0.451 e. The molecule has 2 aliphatic heterocycles. The molecule has 172 valence electrons. The van der Waals surface area contributed by atoms with Crippen molar-refractivity contribution in [3.8, 4) is 0 Å². The summed E-state index contributed by atoms with van der Waals surface area (Å²) in [4.78, 5) is 25.7. The predicted molar refractivity (Wildman–Crippen MR) is 120 cm³/mol. The molecule has 0 aromatic rings. The molecule has 0 spiro atoms. The molecule has 5 nitrogen and oxygen atoms in total. The number of ketones is 1. The number of hydrogen-bond donors (Lipinski definition) is 0. The molecule has 2 heterocycles. The fourth-order valence-electron chi connectivity index (χ4n) is 5.39. The Balaban J connectivity index is 2.01. The standard InChI is InChI=1S/C26H38O5/c1-14(2)13-20(27)30-25-22-21-19(15(3)4)12-11-16(5)9-8-10-17(6)24(21)31-26(22)29-18(7)23(25)28/h9,13,15,18-19,21-22,24-26H,6,8,10-12H2,1-5,7H3/b16-9-/t18-,19-,21+,22+,24-,25+,26+/m1/s1. The molecule has 3 rings (SSSR count). The van der Waals surface area contributed by atoms with Crippen molar-refractivity contribution in [3.05, 3.63) is 35.5 Å². The lowest BCUT2D eigenvalue weighted by Gasteiger charge is -2.40. The van der Waals surface area contributed by atoms with E-state index in [1.165, 1.54) is 11.6 Å². The molecule has 1 aliphatic carbocycles. The maximum Gasteiger partial charge on any atom is 0.331 e. The van der Waals surface area contributed by atoms with Crippen molar-refractivity contribution in [3.63, 3.8) is 0 Å². The average Bonchev–Trinajstić information content (AvgIpc) is 3.03. The van der Waals surface area contributed by atoms with Gasteiger partial charge in [-0.1, -0.05) is 37.6 Å². The molecule has 0 saturated carbocycles. The SMILES string of the molecule is C=C1CC/C=C(/C)CC[C@H](C(C)C)[C@H]2[C@@H]3[C@H](O[C@H]12)O[C@H](C)C(=O)[C@H]3OC(=O)C=C(C)C. The monoisotopic (exact) mass is 430 g/mol. The van der Waals surface area contributed by atoms with Crippen molar-refractivity contribution in [2.45, 2.75) is 91.8 Å². The highest BCUT2D eigenvalue weighted by molar-refractivity contribution is 5.92. The Morgan fingerprint density at radius 3 is 2.58 bits per heavy atom. The van der Waals surface area contributed by atoms with Crippen LogP contribution in [0.1, 0.15) is 67.2 Å². The summed E-state index contributed by atoms with van der Waals surface area (Å²) in [5.74, 6) is -0.276. The molecular weight excluding hydrogens is 392 g/mol. The Hall–Kier alpha value is -1.72. The Bertz CT molecular complexity index is 773. The second-order valence-electron chi connectivity index (χ2n) is 10.0. The molecule has 0 aromatic heterocycles. The number of fused-ring (bicyclic) bond motifs is 3. The van der Waals surface area contributed by atoms with E-state index in [9.17, 15) is 9.59 Å². The maximum atomic E-state index is 13.1. The number of esters is 1. The van der Waals surface area contributed by atoms with E-state index in [1.54, 1.807) is 6.92 Å². The molecular formula is C26H38O5. The fourth-order valence-corrected chi connectivity index (χ4v) is 5.39. The second kappa shape index (κ2) is 9.83. The van der Waals surface area contributed by atoms with Crippen LogP contribution in [-0.4, -0.2) is 36.4 Å². The van der Waals surface area contributed by atoms with Gasteiger partial charge in [0, 0.05) is 12.0 Å². The molecule has 0 bridgehead atoms. The molecule has 0 N–H and O–H groups in total. The van der Waals surface area contributed by atoms with E-state index in [-0.39, 0.29) is 23.7 Å². The van der Waals surface area contributed by atoms with Gasteiger partial charge in [0.15, 0.2) is 12.4 Å². The minimum atomic E-state index is -0.861. The van der Waals surface area contributed by atoms with Crippen molar-refractivity contribution in [2.75, 3.05) is 0 Å². The molecule has 3 aliphatic rings. The van der Waals surface area contributed by atoms with Crippen LogP contribution in [0.5, 0.6) is 0 Å². The number of ether oxygens (including phenoxy) is 3. The summed E-state index contributed by atoms with van der Waals surface area (Å²) < 4.78 is 18.2. The summed E-state index contributed by atoms with van der Waals surface area (Å²) in [5.41, 5.74) is 3.27. The summed E-state index contributed by atoms with van der Waals surface area (Å²) in [6.45, 7) is 16.4. The summed E-state index contributed by atoms with van der Waals surface area (Å²) in [6.07, 6.45) is 5.24. The lowest BCUT2D eigenvalue weighted by Crippen LogP contribution is -2.53. The van der Waals surface area contributed by atoms with Gasteiger partial charge in [-0.25, -0.2) is 4.79 Å². The van der Waals surface area contributed by atoms with Crippen molar-refractivity contribution in [2.24, 2.45) is 23.7 Å². The van der Waals surface area contributed by atoms with Crippen LogP contribution in [0.3, 0.4) is 0 Å². The zero-order chi connectivity index (χ0) is 22.9. The van der Waals surface area contributed by atoms with E-state index in [2.05, 4.69) is 33.4 Å². The highest BCUT2D eigenvalue weighted by Gasteiger charge is 2.59. The van der Waals surface area contributed by atoms with Crippen molar-refractivity contribution < 1.29 is 23.8 Å². The van der Waals surface area contributed by atoms with E-state index in [4.69, 9.17) is 14.2 Å². The first kappa shape index (κ1) is 23.9. The first-order valence-corrected chi connectivity index (χ1v) is 11.6. The Kier molecular flexibility index (Phi) is 7.59. The van der Waals surface area contributed by atoms with Gasteiger partial charge in [0.25, 0.3) is 0 Å². The predicted octanol–water partition coefficient (Wildman–Crippen LogP) is 5.16. The van der Waals surface area contributed by atoms with Crippen molar-refractivity contribution >= 4 is 11.8 Å². The lowest BCUT2D eigenvalue weighted by atomic mass is 9.67. The minimum absolute atomic E-state index is 0.0179. The fraction of sp³-hybridized carbons (Fsp3) is 0.692. The first-order valence-electron chi connectivity index (χ1n) is 11.6. The molecule has 0 aromatic carbocycles. The quantitative estimate of drug-likeness (QED) is 0.352. The van der Waals surface area contributed by atoms with E-state index in [0.717, 1.165) is 36.8 Å². The molecule has 0 amide bonds. The van der Waals surface area contributed by atoms with Gasteiger partial charge in [0.1, 0.15) is 6.10 Å². The van der Waals surface area contributed by atoms with Crippen molar-refractivity contribution in [1.82, 2.24) is 0 Å². The Labute approximate surface area is 186 Å². The topological polar surface area (TPSA) is 61.8 Å². The van der Waals surface area contributed by atoms with Gasteiger partial charge in [-0.3, -0.25) is 4.79 Å².